The Morgan fingerprint density at radius 1 is 0.655 bits per heavy atom. The number of para-hydroxylation sites is 1. The summed E-state index contributed by atoms with van der Waals surface area (Å²) in [4.78, 5) is 3.42. The Balaban J connectivity index is 0.000000147. The molecule has 0 amide bonds. The van der Waals surface area contributed by atoms with Crippen molar-refractivity contribution in [2.75, 3.05) is 0 Å². The first-order valence-electron chi connectivity index (χ1n) is 19.8. The third kappa shape index (κ3) is 10.8. The zero-order valence-electron chi connectivity index (χ0n) is 35.3. The van der Waals surface area contributed by atoms with Crippen molar-refractivity contribution in [1.29, 1.82) is 0 Å². The van der Waals surface area contributed by atoms with Crippen molar-refractivity contribution in [1.82, 2.24) is 50.1 Å². The van der Waals surface area contributed by atoms with Crippen LogP contribution < -0.4 is 4.80 Å². The minimum atomic E-state index is 0.241. The van der Waals surface area contributed by atoms with Gasteiger partial charge in [0.1, 0.15) is 29.0 Å². The number of aryl methyl sites for hydroxylation is 2. The molecule has 0 spiro atoms. The van der Waals surface area contributed by atoms with Gasteiger partial charge in [0.15, 0.2) is 5.82 Å². The predicted molar refractivity (Wildman–Crippen MR) is 229 cm³/mol. The first kappa shape index (κ1) is 42.6. The monoisotopic (exact) mass is 778 g/mol. The van der Waals surface area contributed by atoms with E-state index in [1.54, 1.807) is 15.9 Å². The molecule has 0 bridgehead atoms. The van der Waals surface area contributed by atoms with Crippen molar-refractivity contribution < 1.29 is 9.32 Å². The lowest BCUT2D eigenvalue weighted by molar-refractivity contribution is -0.838. The molecule has 12 heteroatoms. The van der Waals surface area contributed by atoms with Gasteiger partial charge >= 0.3 is 0 Å². The summed E-state index contributed by atoms with van der Waals surface area (Å²) in [6.45, 7) is 18.9. The molecule has 12 nitrogen and oxygen atoms in total. The zero-order valence-corrected chi connectivity index (χ0v) is 35.3. The molecule has 0 N–H and O–H groups in total. The fourth-order valence-electron chi connectivity index (χ4n) is 6.21. The topological polar surface area (TPSA) is 122 Å². The van der Waals surface area contributed by atoms with E-state index in [1.165, 1.54) is 22.4 Å². The largest absolute Gasteiger partial charge is 0.360 e. The van der Waals surface area contributed by atoms with Gasteiger partial charge in [0.05, 0.1) is 17.6 Å². The number of hydrogen-bond acceptors (Lipinski definition) is 8. The second-order valence-corrected chi connectivity index (χ2v) is 14.9. The van der Waals surface area contributed by atoms with E-state index in [0.29, 0.717) is 17.9 Å². The van der Waals surface area contributed by atoms with Gasteiger partial charge in [-0.2, -0.15) is 5.10 Å². The standard InChI is InChI=1S/C13H16N2.C13H15NO.C11H13N3.C9H12N5/c1-10(2)12-9-14-15(3)13(12)11-7-5-4-6-8-11;1-9(2)13-12(10(3)14-15-13)11-7-5-4-6-8-11;1-9(2)14-8-12-13-11(14)10-6-4-3-5-7-10;1-8(2)13-11-10-12-14(13)9-6-4-3-5-7-9/h4-10H,1-3H3;4-9H,1-3H3;3-9H,1-2H3;3-8H,1-2H3/q;;;+1. The summed E-state index contributed by atoms with van der Waals surface area (Å²) in [6.07, 6.45) is 3.74. The lowest BCUT2D eigenvalue weighted by Crippen LogP contribution is -2.47. The Morgan fingerprint density at radius 2 is 1.21 bits per heavy atom. The average molecular weight is 779 g/mol. The van der Waals surface area contributed by atoms with E-state index < -0.39 is 0 Å². The molecule has 0 aliphatic rings. The highest BCUT2D eigenvalue weighted by atomic mass is 16.5. The number of aromatic nitrogens is 11. The van der Waals surface area contributed by atoms with Crippen LogP contribution in [0.1, 0.15) is 96.3 Å². The summed E-state index contributed by atoms with van der Waals surface area (Å²) < 4.78 is 9.38. The molecule has 4 aromatic carbocycles. The molecule has 0 saturated heterocycles. The molecule has 0 aliphatic heterocycles. The van der Waals surface area contributed by atoms with Crippen molar-refractivity contribution in [2.45, 2.75) is 86.2 Å². The number of benzene rings is 4. The molecule has 0 aliphatic carbocycles. The smallest absolute Gasteiger partial charge is 0.231 e. The van der Waals surface area contributed by atoms with Crippen molar-refractivity contribution >= 4 is 0 Å². The molecule has 8 aromatic rings. The van der Waals surface area contributed by atoms with Gasteiger partial charge in [0.2, 0.25) is 10.4 Å². The number of rotatable bonds is 8. The summed E-state index contributed by atoms with van der Waals surface area (Å²) >= 11 is 0. The van der Waals surface area contributed by atoms with Crippen molar-refractivity contribution in [2.24, 2.45) is 7.05 Å². The Morgan fingerprint density at radius 3 is 1.74 bits per heavy atom. The maximum absolute atomic E-state index is 5.36. The normalized spacial score (nSPS) is 10.9. The first-order chi connectivity index (χ1) is 28.0. The van der Waals surface area contributed by atoms with Gasteiger partial charge in [-0.3, -0.25) is 4.68 Å². The third-order valence-corrected chi connectivity index (χ3v) is 9.17. The van der Waals surface area contributed by atoms with Crippen LogP contribution in [0.4, 0.5) is 0 Å². The Bertz CT molecular complexity index is 2210. The van der Waals surface area contributed by atoms with E-state index in [2.05, 4.69) is 119 Å². The number of hydrogen-bond donors (Lipinski definition) is 0. The second kappa shape index (κ2) is 20.6. The summed E-state index contributed by atoms with van der Waals surface area (Å²) in [6, 6.07) is 41.2. The minimum absolute atomic E-state index is 0.241. The molecule has 0 atom stereocenters. The third-order valence-electron chi connectivity index (χ3n) is 9.17. The van der Waals surface area contributed by atoms with Crippen LogP contribution in [0.5, 0.6) is 0 Å². The molecule has 4 aromatic heterocycles. The zero-order chi connectivity index (χ0) is 41.6. The predicted octanol–water partition coefficient (Wildman–Crippen LogP) is 10.0. The van der Waals surface area contributed by atoms with Crippen molar-refractivity contribution in [3.8, 4) is 39.5 Å². The van der Waals surface area contributed by atoms with Crippen LogP contribution in [0.15, 0.2) is 138 Å². The van der Waals surface area contributed by atoms with Gasteiger partial charge in [-0.25, -0.2) is 0 Å². The van der Waals surface area contributed by atoms with Crippen LogP contribution in [0.25, 0.3) is 39.5 Å². The highest BCUT2D eigenvalue weighted by Crippen LogP contribution is 2.32. The summed E-state index contributed by atoms with van der Waals surface area (Å²) in [5.74, 6) is 2.77. The Labute approximate surface area is 342 Å². The molecule has 58 heavy (non-hydrogen) atoms. The number of nitrogens with zero attached hydrogens (tertiary/aromatic N) is 11. The second-order valence-electron chi connectivity index (χ2n) is 14.9. The van der Waals surface area contributed by atoms with Gasteiger partial charge in [-0.05, 0) is 63.0 Å². The molecular weight excluding hydrogens is 723 g/mol. The maximum Gasteiger partial charge on any atom is 0.231 e. The van der Waals surface area contributed by atoms with Gasteiger partial charge in [0.25, 0.3) is 0 Å². The van der Waals surface area contributed by atoms with Crippen molar-refractivity contribution in [3.05, 3.63) is 151 Å². The van der Waals surface area contributed by atoms with Gasteiger partial charge in [-0.1, -0.05) is 147 Å². The fourth-order valence-corrected chi connectivity index (χ4v) is 6.21. The summed E-state index contributed by atoms with van der Waals surface area (Å²) in [5.41, 5.74) is 9.14. The van der Waals surface area contributed by atoms with E-state index in [9.17, 15) is 0 Å². The van der Waals surface area contributed by atoms with Gasteiger partial charge < -0.3 is 9.09 Å². The lowest BCUT2D eigenvalue weighted by atomic mass is 9.99. The van der Waals surface area contributed by atoms with E-state index >= 15 is 0 Å². The SMILES string of the molecule is CC(C)[n+]1nnnn1-c1ccccc1.CC(C)c1cnn(C)c1-c1ccccc1.CC(C)n1cnnc1-c1ccccc1.Cc1noc(C(C)C)c1-c1ccccc1. The molecule has 300 valence electrons. The Hall–Kier alpha value is -6.56. The lowest BCUT2D eigenvalue weighted by Gasteiger charge is -2.09. The molecule has 0 saturated carbocycles. The Kier molecular flexibility index (Phi) is 15.1. The van der Waals surface area contributed by atoms with Gasteiger partial charge in [0, 0.05) is 41.3 Å². The van der Waals surface area contributed by atoms with Crippen molar-refractivity contribution in [3.63, 3.8) is 0 Å². The van der Waals surface area contributed by atoms with Crippen LogP contribution >= 0.6 is 0 Å². The van der Waals surface area contributed by atoms with Crippen LogP contribution in [-0.2, 0) is 7.05 Å². The molecule has 0 radical (unpaired) electrons. The summed E-state index contributed by atoms with van der Waals surface area (Å²) in [7, 11) is 1.99. The highest BCUT2D eigenvalue weighted by molar-refractivity contribution is 5.68. The molecule has 0 unspecified atom stereocenters. The van der Waals surface area contributed by atoms with Crippen LogP contribution in [0, 0.1) is 6.92 Å². The first-order valence-corrected chi connectivity index (χ1v) is 19.8. The van der Waals surface area contributed by atoms with Crippen LogP contribution in [0.3, 0.4) is 0 Å². The fraction of sp³-hybridized carbons (Fsp3) is 0.304. The molecule has 0 fully saturated rings. The quantitative estimate of drug-likeness (QED) is 0.140. The van der Waals surface area contributed by atoms with Crippen LogP contribution in [0.2, 0.25) is 0 Å². The maximum atomic E-state index is 5.36. The molecule has 4 heterocycles. The van der Waals surface area contributed by atoms with E-state index in [1.807, 2.05) is 124 Å². The highest BCUT2D eigenvalue weighted by Gasteiger charge is 2.18. The summed E-state index contributed by atoms with van der Waals surface area (Å²) in [5, 5.41) is 27.9. The molecular formula is C46H56N11O+. The van der Waals surface area contributed by atoms with E-state index in [4.69, 9.17) is 4.52 Å². The molecule has 8 rings (SSSR count). The minimum Gasteiger partial charge on any atom is -0.360 e. The average Bonchev–Trinajstić information content (AvgIpc) is 4.07. The van der Waals surface area contributed by atoms with E-state index in [0.717, 1.165) is 34.1 Å². The van der Waals surface area contributed by atoms with Gasteiger partial charge in [-0.15, -0.1) is 10.2 Å². The van der Waals surface area contributed by atoms with E-state index in [-0.39, 0.29) is 6.04 Å². The van der Waals surface area contributed by atoms with Crippen LogP contribution in [-0.4, -0.2) is 50.1 Å².